The van der Waals surface area contributed by atoms with Gasteiger partial charge in [0, 0.05) is 58.4 Å². The third kappa shape index (κ3) is 5.05. The van der Waals surface area contributed by atoms with Crippen molar-refractivity contribution in [3.8, 4) is 11.5 Å². The molecule has 0 radical (unpaired) electrons. The van der Waals surface area contributed by atoms with Crippen molar-refractivity contribution >= 4 is 39.1 Å². The molecule has 0 fully saturated rings. The van der Waals surface area contributed by atoms with Crippen LogP contribution in [0, 0.1) is 0 Å². The topological polar surface area (TPSA) is 55.8 Å². The van der Waals surface area contributed by atoms with Crippen LogP contribution in [-0.2, 0) is 16.2 Å². The van der Waals surface area contributed by atoms with E-state index in [1.165, 1.54) is 0 Å². The van der Waals surface area contributed by atoms with Crippen LogP contribution in [0.2, 0.25) is 5.02 Å². The fourth-order valence-electron chi connectivity index (χ4n) is 5.97. The Morgan fingerprint density at radius 2 is 1.61 bits per heavy atom. The van der Waals surface area contributed by atoms with E-state index in [1.54, 1.807) is 0 Å². The van der Waals surface area contributed by atoms with Crippen LogP contribution in [-0.4, -0.2) is 29.6 Å². The Labute approximate surface area is 238 Å². The SMILES string of the molecule is CCCN1C2=C(C(=O)CCC2)C(c2cc(Br)c(OCc3ccccc3Cl)c(OCC)c2)C2=C1CCCC2=O. The third-order valence-corrected chi connectivity index (χ3v) is 8.49. The lowest BCUT2D eigenvalue weighted by Gasteiger charge is -2.44. The molecular weight excluding hydrogens is 566 g/mol. The first kappa shape index (κ1) is 27.0. The van der Waals surface area contributed by atoms with E-state index in [2.05, 4.69) is 27.8 Å². The van der Waals surface area contributed by atoms with Gasteiger partial charge in [-0.15, -0.1) is 0 Å². The summed E-state index contributed by atoms with van der Waals surface area (Å²) >= 11 is 10.1. The fraction of sp³-hybridized carbons (Fsp3) is 0.419. The normalized spacial score (nSPS) is 18.1. The minimum absolute atomic E-state index is 0.149. The first-order valence-electron chi connectivity index (χ1n) is 13.6. The Morgan fingerprint density at radius 1 is 0.947 bits per heavy atom. The lowest BCUT2D eigenvalue weighted by molar-refractivity contribution is -0.117. The second-order valence-corrected chi connectivity index (χ2v) is 11.3. The van der Waals surface area contributed by atoms with Crippen molar-refractivity contribution < 1.29 is 19.1 Å². The summed E-state index contributed by atoms with van der Waals surface area (Å²) in [4.78, 5) is 29.3. The van der Waals surface area contributed by atoms with Crippen molar-refractivity contribution in [2.24, 2.45) is 0 Å². The number of hydrogen-bond acceptors (Lipinski definition) is 5. The number of allylic oxidation sites excluding steroid dienone is 4. The summed E-state index contributed by atoms with van der Waals surface area (Å²) in [5.74, 6) is 1.07. The molecule has 2 aromatic carbocycles. The molecule has 0 spiro atoms. The number of carbonyl (C=O) groups excluding carboxylic acids is 2. The molecule has 2 aromatic rings. The van der Waals surface area contributed by atoms with Gasteiger partial charge in [-0.3, -0.25) is 9.59 Å². The molecule has 200 valence electrons. The number of nitrogens with zero attached hydrogens (tertiary/aromatic N) is 1. The predicted molar refractivity (Wildman–Crippen MR) is 153 cm³/mol. The predicted octanol–water partition coefficient (Wildman–Crippen LogP) is 7.90. The van der Waals surface area contributed by atoms with Crippen LogP contribution in [0.1, 0.15) is 75.8 Å². The maximum Gasteiger partial charge on any atom is 0.175 e. The highest BCUT2D eigenvalue weighted by atomic mass is 79.9. The summed E-state index contributed by atoms with van der Waals surface area (Å²) in [7, 11) is 0. The van der Waals surface area contributed by atoms with E-state index in [9.17, 15) is 9.59 Å². The number of halogens is 2. The summed E-state index contributed by atoms with van der Waals surface area (Å²) in [6.07, 6.45) is 5.42. The highest BCUT2D eigenvalue weighted by Gasteiger charge is 2.43. The summed E-state index contributed by atoms with van der Waals surface area (Å²) in [6, 6.07) is 11.5. The molecule has 0 saturated heterocycles. The van der Waals surface area contributed by atoms with Crippen LogP contribution in [0.5, 0.6) is 11.5 Å². The molecule has 0 aromatic heterocycles. The fourth-order valence-corrected chi connectivity index (χ4v) is 6.73. The molecule has 5 nitrogen and oxygen atoms in total. The van der Waals surface area contributed by atoms with Gasteiger partial charge in [-0.1, -0.05) is 36.7 Å². The van der Waals surface area contributed by atoms with Gasteiger partial charge < -0.3 is 14.4 Å². The van der Waals surface area contributed by atoms with Gasteiger partial charge in [0.1, 0.15) is 6.61 Å². The second-order valence-electron chi connectivity index (χ2n) is 10.0. The number of ether oxygens (including phenoxy) is 2. The average molecular weight is 599 g/mol. The molecule has 0 amide bonds. The zero-order valence-electron chi connectivity index (χ0n) is 21.9. The van der Waals surface area contributed by atoms with Crippen LogP contribution >= 0.6 is 27.5 Å². The molecule has 2 aliphatic carbocycles. The molecule has 1 aliphatic heterocycles. The first-order valence-corrected chi connectivity index (χ1v) is 14.7. The van der Waals surface area contributed by atoms with Gasteiger partial charge in [0.2, 0.25) is 0 Å². The van der Waals surface area contributed by atoms with E-state index in [0.29, 0.717) is 36.0 Å². The zero-order chi connectivity index (χ0) is 26.8. The van der Waals surface area contributed by atoms with E-state index in [0.717, 1.165) is 76.8 Å². The van der Waals surface area contributed by atoms with Gasteiger partial charge in [-0.2, -0.15) is 0 Å². The van der Waals surface area contributed by atoms with Gasteiger partial charge in [0.05, 0.1) is 11.1 Å². The number of rotatable bonds is 8. The monoisotopic (exact) mass is 597 g/mol. The van der Waals surface area contributed by atoms with Crippen LogP contribution in [0.3, 0.4) is 0 Å². The maximum absolute atomic E-state index is 13.5. The lowest BCUT2D eigenvalue weighted by atomic mass is 9.71. The molecule has 0 bridgehead atoms. The van der Waals surface area contributed by atoms with Crippen molar-refractivity contribution in [2.45, 2.75) is 71.3 Å². The van der Waals surface area contributed by atoms with Crippen molar-refractivity contribution in [2.75, 3.05) is 13.2 Å². The number of hydrogen-bond donors (Lipinski definition) is 0. The summed E-state index contributed by atoms with van der Waals surface area (Å²) in [6.45, 7) is 5.64. The Kier molecular flexibility index (Phi) is 8.29. The maximum atomic E-state index is 13.5. The molecule has 1 heterocycles. The van der Waals surface area contributed by atoms with Crippen LogP contribution < -0.4 is 9.47 Å². The van der Waals surface area contributed by atoms with Crippen LogP contribution in [0.25, 0.3) is 0 Å². The standard InChI is InChI=1S/C31H33BrClNO4/c1-3-15-34-23-11-7-13-25(35)29(23)28(30-24(34)12-8-14-26(30)36)20-16-21(32)31(27(17-20)37-4-2)38-18-19-9-5-6-10-22(19)33/h5-6,9-10,16-17,28H,3-4,7-8,11-15,18H2,1-2H3. The smallest absolute Gasteiger partial charge is 0.175 e. The molecule has 7 heteroatoms. The van der Waals surface area contributed by atoms with Crippen LogP contribution in [0.4, 0.5) is 0 Å². The highest BCUT2D eigenvalue weighted by Crippen LogP contribution is 2.51. The van der Waals surface area contributed by atoms with Gasteiger partial charge >= 0.3 is 0 Å². The minimum atomic E-state index is -0.387. The quantitative estimate of drug-likeness (QED) is 0.309. The Bertz CT molecular complexity index is 1290. The Hall–Kier alpha value is -2.57. The minimum Gasteiger partial charge on any atom is -0.490 e. The van der Waals surface area contributed by atoms with E-state index in [-0.39, 0.29) is 24.1 Å². The van der Waals surface area contributed by atoms with Crippen LogP contribution in [0.15, 0.2) is 63.4 Å². The van der Waals surface area contributed by atoms with Crippen molar-refractivity contribution in [3.63, 3.8) is 0 Å². The van der Waals surface area contributed by atoms with E-state index in [4.69, 9.17) is 21.1 Å². The van der Waals surface area contributed by atoms with Crippen molar-refractivity contribution in [1.29, 1.82) is 0 Å². The molecule has 0 atom stereocenters. The molecule has 3 aliphatic rings. The summed E-state index contributed by atoms with van der Waals surface area (Å²) < 4.78 is 13.0. The number of ketones is 2. The zero-order valence-corrected chi connectivity index (χ0v) is 24.3. The molecule has 38 heavy (non-hydrogen) atoms. The second kappa shape index (κ2) is 11.7. The van der Waals surface area contributed by atoms with Gasteiger partial charge in [-0.25, -0.2) is 0 Å². The Balaban J connectivity index is 1.62. The van der Waals surface area contributed by atoms with E-state index >= 15 is 0 Å². The number of benzene rings is 2. The van der Waals surface area contributed by atoms with Gasteiger partial charge in [0.25, 0.3) is 0 Å². The average Bonchev–Trinajstić information content (AvgIpc) is 2.90. The summed E-state index contributed by atoms with van der Waals surface area (Å²) in [5, 5.41) is 0.641. The molecule has 0 saturated carbocycles. The van der Waals surface area contributed by atoms with Crippen molar-refractivity contribution in [3.05, 3.63) is 79.6 Å². The molecule has 5 rings (SSSR count). The summed E-state index contributed by atoms with van der Waals surface area (Å²) in [5.41, 5.74) is 5.55. The van der Waals surface area contributed by atoms with Crippen molar-refractivity contribution in [1.82, 2.24) is 4.90 Å². The third-order valence-electron chi connectivity index (χ3n) is 7.53. The van der Waals surface area contributed by atoms with Gasteiger partial charge in [-0.05, 0) is 78.7 Å². The molecular formula is C31H33BrClNO4. The van der Waals surface area contributed by atoms with E-state index in [1.807, 2.05) is 43.3 Å². The van der Waals surface area contributed by atoms with E-state index < -0.39 is 0 Å². The first-order chi connectivity index (χ1) is 18.4. The number of carbonyl (C=O) groups is 2. The molecule has 0 N–H and O–H groups in total. The highest BCUT2D eigenvalue weighted by molar-refractivity contribution is 9.10. The number of Topliss-reactive ketones (excluding diaryl/α,β-unsaturated/α-hetero) is 2. The Morgan fingerprint density at radius 3 is 2.21 bits per heavy atom. The molecule has 0 unspecified atom stereocenters. The van der Waals surface area contributed by atoms with Gasteiger partial charge in [0.15, 0.2) is 23.1 Å². The lowest BCUT2D eigenvalue weighted by Crippen LogP contribution is -2.39. The largest absolute Gasteiger partial charge is 0.490 e.